The van der Waals surface area contributed by atoms with Crippen molar-refractivity contribution < 1.29 is 9.18 Å². The fourth-order valence-electron chi connectivity index (χ4n) is 3.07. The van der Waals surface area contributed by atoms with Gasteiger partial charge in [-0.05, 0) is 49.7 Å². The largest absolute Gasteiger partial charge is 0.343 e. The van der Waals surface area contributed by atoms with Crippen LogP contribution in [0.5, 0.6) is 0 Å². The Morgan fingerprint density at radius 1 is 1.25 bits per heavy atom. The van der Waals surface area contributed by atoms with Crippen LogP contribution in [-0.2, 0) is 6.54 Å². The van der Waals surface area contributed by atoms with Crippen LogP contribution in [0.1, 0.15) is 39.6 Å². The summed E-state index contributed by atoms with van der Waals surface area (Å²) in [4.78, 5) is 18.6. The van der Waals surface area contributed by atoms with Crippen LogP contribution >= 0.6 is 11.3 Å². The molecule has 1 aromatic carbocycles. The zero-order chi connectivity index (χ0) is 19.7. The summed E-state index contributed by atoms with van der Waals surface area (Å²) >= 11 is 1.41. The molecule has 5 nitrogen and oxygen atoms in total. The molecule has 0 unspecified atom stereocenters. The van der Waals surface area contributed by atoms with Gasteiger partial charge in [0.05, 0.1) is 28.9 Å². The smallest absolute Gasteiger partial charge is 0.261 e. The van der Waals surface area contributed by atoms with Gasteiger partial charge >= 0.3 is 0 Å². The lowest BCUT2D eigenvalue weighted by Gasteiger charge is -2.12. The third kappa shape index (κ3) is 3.66. The Kier molecular flexibility index (Phi) is 4.92. The van der Waals surface area contributed by atoms with Gasteiger partial charge in [0.15, 0.2) is 0 Å². The maximum absolute atomic E-state index is 13.1. The minimum atomic E-state index is -0.261. The number of fused-ring (bicyclic) bond motifs is 1. The zero-order valence-electron chi connectivity index (χ0n) is 15.5. The molecule has 0 aliphatic carbocycles. The van der Waals surface area contributed by atoms with Crippen LogP contribution in [-0.4, -0.2) is 20.7 Å². The Labute approximate surface area is 165 Å². The third-order valence-electron chi connectivity index (χ3n) is 4.56. The SMILES string of the molecule is Cc1nn(Cc2ccc(F)cc2)c2sc(C(=O)N[C@H](C)c3ccccn3)cc12. The number of aromatic nitrogens is 3. The van der Waals surface area contributed by atoms with Crippen LogP contribution in [0.15, 0.2) is 54.7 Å². The topological polar surface area (TPSA) is 59.8 Å². The number of aryl methyl sites for hydroxylation is 1. The number of hydrogen-bond donors (Lipinski definition) is 1. The summed E-state index contributed by atoms with van der Waals surface area (Å²) < 4.78 is 15.0. The standard InChI is InChI=1S/C21H19FN4OS/c1-13-17-11-19(20(27)24-14(2)18-5-3-4-10-23-18)28-21(17)26(25-13)12-15-6-8-16(22)9-7-15/h3-11,14H,12H2,1-2H3,(H,24,27)/t14-/m1/s1. The molecule has 3 heterocycles. The summed E-state index contributed by atoms with van der Waals surface area (Å²) in [6, 6.07) is 13.7. The van der Waals surface area contributed by atoms with Crippen LogP contribution in [0.4, 0.5) is 4.39 Å². The van der Waals surface area contributed by atoms with Crippen LogP contribution in [0.3, 0.4) is 0 Å². The van der Waals surface area contributed by atoms with E-state index in [1.807, 2.05) is 42.8 Å². The molecular weight excluding hydrogens is 375 g/mol. The van der Waals surface area contributed by atoms with Crippen LogP contribution < -0.4 is 5.32 Å². The van der Waals surface area contributed by atoms with Gasteiger partial charge in [0.25, 0.3) is 5.91 Å². The van der Waals surface area contributed by atoms with E-state index >= 15 is 0 Å². The van der Waals surface area contributed by atoms with Crippen molar-refractivity contribution in [3.63, 3.8) is 0 Å². The van der Waals surface area contributed by atoms with Gasteiger partial charge in [0.1, 0.15) is 10.6 Å². The number of benzene rings is 1. The Bertz CT molecular complexity index is 1120. The summed E-state index contributed by atoms with van der Waals surface area (Å²) in [7, 11) is 0. The molecule has 7 heteroatoms. The van der Waals surface area contributed by atoms with Gasteiger partial charge in [-0.25, -0.2) is 4.39 Å². The highest BCUT2D eigenvalue weighted by Crippen LogP contribution is 2.29. The van der Waals surface area contributed by atoms with E-state index in [0.29, 0.717) is 11.4 Å². The number of thiophene rings is 1. The second-order valence-corrected chi connectivity index (χ2v) is 7.68. The van der Waals surface area contributed by atoms with Crippen molar-refractivity contribution in [3.05, 3.63) is 82.4 Å². The van der Waals surface area contributed by atoms with Crippen molar-refractivity contribution in [2.45, 2.75) is 26.4 Å². The Morgan fingerprint density at radius 3 is 2.75 bits per heavy atom. The average molecular weight is 394 g/mol. The Morgan fingerprint density at radius 2 is 2.04 bits per heavy atom. The molecule has 3 aromatic heterocycles. The van der Waals surface area contributed by atoms with Gasteiger partial charge in [-0.15, -0.1) is 11.3 Å². The minimum Gasteiger partial charge on any atom is -0.343 e. The highest BCUT2D eigenvalue weighted by molar-refractivity contribution is 7.20. The number of halogens is 1. The quantitative estimate of drug-likeness (QED) is 0.543. The van der Waals surface area contributed by atoms with Gasteiger partial charge in [-0.1, -0.05) is 18.2 Å². The number of carbonyl (C=O) groups excluding carboxylic acids is 1. The molecule has 1 atom stereocenters. The van der Waals surface area contributed by atoms with Crippen LogP contribution in [0, 0.1) is 12.7 Å². The van der Waals surface area contributed by atoms with Crippen molar-refractivity contribution in [2.24, 2.45) is 0 Å². The maximum atomic E-state index is 13.1. The molecule has 142 valence electrons. The van der Waals surface area contributed by atoms with E-state index in [1.165, 1.54) is 23.5 Å². The summed E-state index contributed by atoms with van der Waals surface area (Å²) in [5.41, 5.74) is 2.63. The summed E-state index contributed by atoms with van der Waals surface area (Å²) in [6.07, 6.45) is 1.71. The number of pyridine rings is 1. The monoisotopic (exact) mass is 394 g/mol. The molecule has 1 amide bonds. The second kappa shape index (κ2) is 7.52. The van der Waals surface area contributed by atoms with E-state index in [4.69, 9.17) is 0 Å². The lowest BCUT2D eigenvalue weighted by atomic mass is 10.2. The number of nitrogens with one attached hydrogen (secondary N) is 1. The molecule has 0 saturated heterocycles. The highest BCUT2D eigenvalue weighted by Gasteiger charge is 2.18. The summed E-state index contributed by atoms with van der Waals surface area (Å²) in [5, 5.41) is 8.52. The average Bonchev–Trinajstić information content (AvgIpc) is 3.26. The molecule has 0 saturated carbocycles. The molecule has 0 fully saturated rings. The number of rotatable bonds is 5. The molecule has 4 aromatic rings. The molecule has 4 rings (SSSR count). The number of amides is 1. The van der Waals surface area contributed by atoms with Crippen molar-refractivity contribution in [1.82, 2.24) is 20.1 Å². The van der Waals surface area contributed by atoms with Crippen molar-refractivity contribution in [3.8, 4) is 0 Å². The van der Waals surface area contributed by atoms with Crippen molar-refractivity contribution in [1.29, 1.82) is 0 Å². The van der Waals surface area contributed by atoms with E-state index in [1.54, 1.807) is 18.3 Å². The summed E-state index contributed by atoms with van der Waals surface area (Å²) in [6.45, 7) is 4.36. The molecule has 0 spiro atoms. The van der Waals surface area contributed by atoms with Gasteiger partial charge in [0.2, 0.25) is 0 Å². The second-order valence-electron chi connectivity index (χ2n) is 6.65. The molecular formula is C21H19FN4OS. The van der Waals surface area contributed by atoms with Gasteiger partial charge in [-0.3, -0.25) is 14.5 Å². The predicted octanol–water partition coefficient (Wildman–Crippen LogP) is 4.48. The van der Waals surface area contributed by atoms with E-state index < -0.39 is 0 Å². The first kappa shape index (κ1) is 18.3. The van der Waals surface area contributed by atoms with Crippen molar-refractivity contribution >= 4 is 27.5 Å². The van der Waals surface area contributed by atoms with E-state index in [-0.39, 0.29) is 17.8 Å². The first-order valence-corrected chi connectivity index (χ1v) is 9.76. The first-order chi connectivity index (χ1) is 13.5. The number of nitrogens with zero attached hydrogens (tertiary/aromatic N) is 3. The molecule has 28 heavy (non-hydrogen) atoms. The summed E-state index contributed by atoms with van der Waals surface area (Å²) in [5.74, 6) is -0.394. The molecule has 0 bridgehead atoms. The number of hydrogen-bond acceptors (Lipinski definition) is 4. The molecule has 1 N–H and O–H groups in total. The normalized spacial score (nSPS) is 12.2. The number of carbonyl (C=O) groups is 1. The first-order valence-electron chi connectivity index (χ1n) is 8.94. The predicted molar refractivity (Wildman–Crippen MR) is 108 cm³/mol. The fourth-order valence-corrected chi connectivity index (χ4v) is 4.13. The maximum Gasteiger partial charge on any atom is 0.261 e. The fraction of sp³-hybridized carbons (Fsp3) is 0.190. The van der Waals surface area contributed by atoms with Crippen molar-refractivity contribution in [2.75, 3.05) is 0 Å². The lowest BCUT2D eigenvalue weighted by Crippen LogP contribution is -2.26. The van der Waals surface area contributed by atoms with Gasteiger partial charge in [-0.2, -0.15) is 5.10 Å². The van der Waals surface area contributed by atoms with E-state index in [2.05, 4.69) is 15.4 Å². The highest BCUT2D eigenvalue weighted by atomic mass is 32.1. The molecule has 0 radical (unpaired) electrons. The van der Waals surface area contributed by atoms with Crippen LogP contribution in [0.2, 0.25) is 0 Å². The van der Waals surface area contributed by atoms with E-state index in [9.17, 15) is 9.18 Å². The zero-order valence-corrected chi connectivity index (χ0v) is 16.3. The third-order valence-corrected chi connectivity index (χ3v) is 5.70. The van der Waals surface area contributed by atoms with Crippen LogP contribution in [0.25, 0.3) is 10.2 Å². The van der Waals surface area contributed by atoms with Gasteiger partial charge < -0.3 is 5.32 Å². The molecule has 0 aliphatic heterocycles. The van der Waals surface area contributed by atoms with E-state index in [0.717, 1.165) is 27.2 Å². The molecule has 0 aliphatic rings. The Balaban J connectivity index is 1.57. The minimum absolute atomic E-state index is 0.132. The Hall–Kier alpha value is -3.06. The lowest BCUT2D eigenvalue weighted by molar-refractivity contribution is 0.0943. The van der Waals surface area contributed by atoms with Gasteiger partial charge in [0, 0.05) is 11.6 Å².